The highest BCUT2D eigenvalue weighted by Crippen LogP contribution is 2.45. The summed E-state index contributed by atoms with van der Waals surface area (Å²) in [5.74, 6) is 0. The first-order valence-electron chi connectivity index (χ1n) is 16.0. The van der Waals surface area contributed by atoms with Gasteiger partial charge in [-0.25, -0.2) is 0 Å². The van der Waals surface area contributed by atoms with Crippen LogP contribution in [-0.4, -0.2) is 0 Å². The Kier molecular flexibility index (Phi) is 3.11. The average molecular weight is 495 g/mol. The van der Waals surface area contributed by atoms with Gasteiger partial charge >= 0.3 is 0 Å². The molecule has 0 saturated heterocycles. The molecule has 0 N–H and O–H groups in total. The summed E-state index contributed by atoms with van der Waals surface area (Å²) in [5.41, 5.74) is 1.94. The Balaban J connectivity index is 1.60. The zero-order chi connectivity index (χ0) is 31.3. The standard InChI is InChI=1S/C36H22S/c1-2-10-23(11-3-1)35-28-14-6-8-16-30(28)36(31-17-9-7-15-29(31)35)26-18-19-27-32-20-24-12-4-5-13-25(24)21-34(32)37-33(27)22-26/h1-22H/i6D,7D,8D,9D,14D,15D,16D,17D. The lowest BCUT2D eigenvalue weighted by Crippen LogP contribution is -1.90. The van der Waals surface area contributed by atoms with Gasteiger partial charge in [-0.1, -0.05) is 115 Å². The van der Waals surface area contributed by atoms with Crippen molar-refractivity contribution in [3.63, 3.8) is 0 Å². The lowest BCUT2D eigenvalue weighted by Gasteiger charge is -2.17. The molecule has 0 bridgehead atoms. The number of hydrogen-bond acceptors (Lipinski definition) is 1. The van der Waals surface area contributed by atoms with E-state index in [1.54, 1.807) is 35.6 Å². The Bertz CT molecular complexity index is 2490. The van der Waals surface area contributed by atoms with Crippen LogP contribution in [0.2, 0.25) is 0 Å². The number of hydrogen-bond donors (Lipinski definition) is 0. The molecule has 1 aromatic heterocycles. The molecule has 0 aliphatic rings. The van der Waals surface area contributed by atoms with Crippen LogP contribution in [0.15, 0.2) is 133 Å². The van der Waals surface area contributed by atoms with Crippen molar-refractivity contribution >= 4 is 63.8 Å². The van der Waals surface area contributed by atoms with E-state index in [0.717, 1.165) is 30.9 Å². The zero-order valence-corrected chi connectivity index (χ0v) is 20.3. The maximum absolute atomic E-state index is 9.12. The molecule has 8 aromatic rings. The van der Waals surface area contributed by atoms with E-state index in [0.29, 0.717) is 22.3 Å². The fraction of sp³-hybridized carbons (Fsp3) is 0. The number of thiophene rings is 1. The molecule has 1 heterocycles. The highest BCUT2D eigenvalue weighted by Gasteiger charge is 2.17. The third-order valence-corrected chi connectivity index (χ3v) is 8.18. The van der Waals surface area contributed by atoms with Gasteiger partial charge in [0.2, 0.25) is 0 Å². The normalized spacial score (nSPS) is 14.8. The molecular formula is C36H22S. The summed E-state index contributed by atoms with van der Waals surface area (Å²) in [7, 11) is 0. The van der Waals surface area contributed by atoms with Crippen molar-refractivity contribution in [2.24, 2.45) is 0 Å². The van der Waals surface area contributed by atoms with Gasteiger partial charge in [-0.15, -0.1) is 11.3 Å². The fourth-order valence-corrected chi connectivity index (χ4v) is 6.60. The van der Waals surface area contributed by atoms with Gasteiger partial charge in [-0.05, 0) is 72.8 Å². The summed E-state index contributed by atoms with van der Waals surface area (Å²) in [4.78, 5) is 0. The van der Waals surface area contributed by atoms with Crippen LogP contribution in [0.3, 0.4) is 0 Å². The molecule has 0 aliphatic carbocycles. The van der Waals surface area contributed by atoms with Crippen molar-refractivity contribution in [2.75, 3.05) is 0 Å². The topological polar surface area (TPSA) is 0 Å². The van der Waals surface area contributed by atoms with Crippen molar-refractivity contribution in [1.82, 2.24) is 0 Å². The van der Waals surface area contributed by atoms with E-state index in [-0.39, 0.29) is 45.7 Å². The second-order valence-corrected chi connectivity index (χ2v) is 10.2. The van der Waals surface area contributed by atoms with E-state index in [1.807, 2.05) is 36.4 Å². The summed E-state index contributed by atoms with van der Waals surface area (Å²) in [6, 6.07) is 24.8. The van der Waals surface area contributed by atoms with E-state index < -0.39 is 24.2 Å². The highest BCUT2D eigenvalue weighted by molar-refractivity contribution is 7.25. The predicted octanol–water partition coefficient (Wildman–Crippen LogP) is 10.8. The van der Waals surface area contributed by atoms with E-state index in [9.17, 15) is 0 Å². The second-order valence-electron chi connectivity index (χ2n) is 9.12. The summed E-state index contributed by atoms with van der Waals surface area (Å²) >= 11 is 1.62. The molecule has 0 nitrogen and oxygen atoms in total. The first kappa shape index (κ1) is 14.3. The van der Waals surface area contributed by atoms with Crippen molar-refractivity contribution < 1.29 is 11.0 Å². The SMILES string of the molecule is [2H]c1c([2H])c([2H])c2c(-c3ccc4c(c3)sc3cc5ccccc5cc34)c3c([2H])c([2H])c([2H])c([2H])c3c(-c3ccccc3)c2c1[2H]. The van der Waals surface area contributed by atoms with Crippen molar-refractivity contribution in [1.29, 1.82) is 0 Å². The highest BCUT2D eigenvalue weighted by atomic mass is 32.1. The number of benzene rings is 7. The first-order chi connectivity index (χ1) is 21.7. The largest absolute Gasteiger partial charge is 0.135 e. The van der Waals surface area contributed by atoms with E-state index in [2.05, 4.69) is 24.3 Å². The molecule has 7 aromatic carbocycles. The quantitative estimate of drug-likeness (QED) is 0.210. The molecule has 0 spiro atoms. The lowest BCUT2D eigenvalue weighted by atomic mass is 9.86. The van der Waals surface area contributed by atoms with Crippen LogP contribution in [0.25, 0.3) is 74.7 Å². The molecule has 0 aliphatic heterocycles. The molecule has 0 unspecified atom stereocenters. The molecule has 37 heavy (non-hydrogen) atoms. The Morgan fingerprint density at radius 1 is 0.432 bits per heavy atom. The maximum atomic E-state index is 9.12. The summed E-state index contributed by atoms with van der Waals surface area (Å²) in [6.07, 6.45) is 0. The smallest absolute Gasteiger partial charge is 0.0629 e. The van der Waals surface area contributed by atoms with E-state index in [4.69, 9.17) is 11.0 Å². The maximum Gasteiger partial charge on any atom is 0.0629 e. The average Bonchev–Trinajstić information content (AvgIpc) is 3.42. The number of fused-ring (bicyclic) bond motifs is 6. The van der Waals surface area contributed by atoms with Gasteiger partial charge in [0.05, 0.1) is 11.0 Å². The number of rotatable bonds is 2. The van der Waals surface area contributed by atoms with Crippen LogP contribution < -0.4 is 0 Å². The van der Waals surface area contributed by atoms with Gasteiger partial charge in [0.25, 0.3) is 0 Å². The summed E-state index contributed by atoms with van der Waals surface area (Å²) in [6.45, 7) is 0. The van der Waals surface area contributed by atoms with Gasteiger partial charge < -0.3 is 0 Å². The third-order valence-electron chi connectivity index (χ3n) is 7.07. The Labute approximate surface area is 230 Å². The van der Waals surface area contributed by atoms with E-state index >= 15 is 0 Å². The Morgan fingerprint density at radius 2 is 0.973 bits per heavy atom. The van der Waals surface area contributed by atoms with Crippen LogP contribution in [-0.2, 0) is 0 Å². The molecule has 172 valence electrons. The van der Waals surface area contributed by atoms with Gasteiger partial charge in [0.15, 0.2) is 0 Å². The lowest BCUT2D eigenvalue weighted by molar-refractivity contribution is 1.66. The summed E-state index contributed by atoms with van der Waals surface area (Å²) in [5, 5.41) is 5.32. The molecule has 8 rings (SSSR count). The zero-order valence-electron chi connectivity index (χ0n) is 27.5. The molecule has 0 radical (unpaired) electrons. The monoisotopic (exact) mass is 494 g/mol. The van der Waals surface area contributed by atoms with Crippen LogP contribution in [0.5, 0.6) is 0 Å². The first-order valence-corrected chi connectivity index (χ1v) is 12.9. The van der Waals surface area contributed by atoms with Gasteiger partial charge in [-0.2, -0.15) is 0 Å². The summed E-state index contributed by atoms with van der Waals surface area (Å²) < 4.78 is 72.8. The molecule has 0 atom stereocenters. The van der Waals surface area contributed by atoms with Gasteiger partial charge in [-0.3, -0.25) is 0 Å². The molecule has 1 heteroatoms. The van der Waals surface area contributed by atoms with Crippen LogP contribution >= 0.6 is 11.3 Å². The van der Waals surface area contributed by atoms with Crippen molar-refractivity contribution in [3.05, 3.63) is 133 Å². The minimum Gasteiger partial charge on any atom is -0.135 e. The van der Waals surface area contributed by atoms with Gasteiger partial charge in [0.1, 0.15) is 0 Å². The van der Waals surface area contributed by atoms with Crippen LogP contribution in [0.4, 0.5) is 0 Å². The molecule has 0 amide bonds. The fourth-order valence-electron chi connectivity index (χ4n) is 5.42. The third kappa shape index (κ3) is 3.15. The van der Waals surface area contributed by atoms with Crippen LogP contribution in [0, 0.1) is 0 Å². The van der Waals surface area contributed by atoms with Gasteiger partial charge in [0, 0.05) is 20.2 Å². The predicted molar refractivity (Wildman–Crippen MR) is 163 cm³/mol. The minimum atomic E-state index is -0.400. The van der Waals surface area contributed by atoms with E-state index in [1.165, 1.54) is 0 Å². The Hall–Kier alpha value is -4.46. The van der Waals surface area contributed by atoms with Crippen molar-refractivity contribution in [3.8, 4) is 22.3 Å². The minimum absolute atomic E-state index is 0.224. The molecular weight excluding hydrogens is 464 g/mol. The molecule has 0 saturated carbocycles. The Morgan fingerprint density at radius 3 is 1.62 bits per heavy atom. The molecule has 0 fully saturated rings. The van der Waals surface area contributed by atoms with Crippen molar-refractivity contribution in [2.45, 2.75) is 0 Å². The van der Waals surface area contributed by atoms with Crippen LogP contribution in [0.1, 0.15) is 11.0 Å². The second kappa shape index (κ2) is 8.03.